The summed E-state index contributed by atoms with van der Waals surface area (Å²) in [5.41, 5.74) is 2.23. The lowest BCUT2D eigenvalue weighted by atomic mass is 10.2. The molecule has 0 saturated carbocycles. The lowest BCUT2D eigenvalue weighted by molar-refractivity contribution is -0.133. The minimum atomic E-state index is -0.109. The number of thiophene rings is 1. The number of aryl methyl sites for hydroxylation is 1. The van der Waals surface area contributed by atoms with Crippen molar-refractivity contribution in [1.29, 1.82) is 0 Å². The number of piperazine rings is 1. The average molecular weight is 468 g/mol. The summed E-state index contributed by atoms with van der Waals surface area (Å²) >= 11 is 1.46. The number of hydrogen-bond acceptors (Lipinski definition) is 5. The molecule has 33 heavy (non-hydrogen) atoms. The number of benzene rings is 1. The van der Waals surface area contributed by atoms with Crippen LogP contribution >= 0.6 is 11.3 Å². The van der Waals surface area contributed by atoms with Crippen LogP contribution in [-0.2, 0) is 17.9 Å². The number of hydrogen-bond donors (Lipinski definition) is 0. The van der Waals surface area contributed by atoms with Gasteiger partial charge in [-0.2, -0.15) is 5.10 Å². The average Bonchev–Trinajstić information content (AvgIpc) is 3.35. The highest BCUT2D eigenvalue weighted by molar-refractivity contribution is 7.20. The van der Waals surface area contributed by atoms with E-state index in [2.05, 4.69) is 48.1 Å². The minimum Gasteiger partial charge on any atom is -0.339 e. The van der Waals surface area contributed by atoms with Crippen molar-refractivity contribution in [2.75, 3.05) is 39.8 Å². The number of aromatic nitrogens is 2. The predicted octanol–water partition coefficient (Wildman–Crippen LogP) is 3.48. The highest BCUT2D eigenvalue weighted by atomic mass is 32.1. The molecule has 0 N–H and O–H groups in total. The second-order valence-corrected chi connectivity index (χ2v) is 10.3. The first-order valence-electron chi connectivity index (χ1n) is 11.6. The van der Waals surface area contributed by atoms with E-state index in [1.165, 1.54) is 16.9 Å². The van der Waals surface area contributed by atoms with Crippen molar-refractivity contribution in [1.82, 2.24) is 24.5 Å². The maximum atomic E-state index is 13.1. The molecule has 4 rings (SSSR count). The molecule has 8 heteroatoms. The van der Waals surface area contributed by atoms with Crippen LogP contribution in [0, 0.1) is 12.8 Å². The summed E-state index contributed by atoms with van der Waals surface area (Å²) in [5, 5.41) is 5.64. The van der Waals surface area contributed by atoms with Crippen molar-refractivity contribution < 1.29 is 9.59 Å². The van der Waals surface area contributed by atoms with Crippen LogP contribution in [0.4, 0.5) is 0 Å². The van der Waals surface area contributed by atoms with Crippen LogP contribution in [0.1, 0.15) is 34.8 Å². The molecular formula is C25H33N5O2S. The zero-order valence-corrected chi connectivity index (χ0v) is 20.8. The van der Waals surface area contributed by atoms with Crippen LogP contribution in [0.2, 0.25) is 0 Å². The van der Waals surface area contributed by atoms with Gasteiger partial charge >= 0.3 is 0 Å². The van der Waals surface area contributed by atoms with Crippen molar-refractivity contribution >= 4 is 33.4 Å². The van der Waals surface area contributed by atoms with Gasteiger partial charge in [0.2, 0.25) is 5.91 Å². The van der Waals surface area contributed by atoms with Gasteiger partial charge in [-0.05, 0) is 24.5 Å². The number of rotatable bonds is 7. The number of amides is 2. The van der Waals surface area contributed by atoms with E-state index in [0.29, 0.717) is 23.9 Å². The van der Waals surface area contributed by atoms with Gasteiger partial charge in [-0.1, -0.05) is 44.2 Å². The lowest BCUT2D eigenvalue weighted by Gasteiger charge is -2.35. The van der Waals surface area contributed by atoms with E-state index in [1.54, 1.807) is 11.9 Å². The van der Waals surface area contributed by atoms with Crippen LogP contribution in [0.5, 0.6) is 0 Å². The summed E-state index contributed by atoms with van der Waals surface area (Å²) in [7, 11) is 1.71. The molecule has 1 aliphatic heterocycles. The third-order valence-electron chi connectivity index (χ3n) is 6.05. The molecule has 0 aliphatic carbocycles. The van der Waals surface area contributed by atoms with Gasteiger partial charge in [-0.25, -0.2) is 0 Å². The van der Waals surface area contributed by atoms with Gasteiger partial charge in [0.05, 0.1) is 17.1 Å². The third kappa shape index (κ3) is 5.45. The summed E-state index contributed by atoms with van der Waals surface area (Å²) < 4.78 is 2.00. The van der Waals surface area contributed by atoms with Gasteiger partial charge in [0.15, 0.2) is 0 Å². The summed E-state index contributed by atoms with van der Waals surface area (Å²) in [6.07, 6.45) is 0. The summed E-state index contributed by atoms with van der Waals surface area (Å²) in [6.45, 7) is 11.2. The fourth-order valence-corrected chi connectivity index (χ4v) is 5.41. The van der Waals surface area contributed by atoms with E-state index < -0.39 is 0 Å². The Morgan fingerprint density at radius 2 is 1.82 bits per heavy atom. The highest BCUT2D eigenvalue weighted by Gasteiger charge is 2.25. The smallest absolute Gasteiger partial charge is 0.264 e. The first-order valence-corrected chi connectivity index (χ1v) is 12.4. The van der Waals surface area contributed by atoms with Crippen molar-refractivity contribution in [3.8, 4) is 0 Å². The molecule has 3 aromatic rings. The number of nitrogens with zero attached hydrogens (tertiary/aromatic N) is 5. The molecule has 0 unspecified atom stereocenters. The maximum Gasteiger partial charge on any atom is 0.264 e. The van der Waals surface area contributed by atoms with Crippen molar-refractivity contribution in [3.05, 3.63) is 52.5 Å². The van der Waals surface area contributed by atoms with Crippen LogP contribution in [-0.4, -0.2) is 76.1 Å². The van der Waals surface area contributed by atoms with Crippen LogP contribution in [0.3, 0.4) is 0 Å². The second kappa shape index (κ2) is 10.1. The molecule has 2 aromatic heterocycles. The Balaban J connectivity index is 1.33. The molecule has 1 aromatic carbocycles. The molecule has 1 aliphatic rings. The Labute approximate surface area is 199 Å². The quantitative estimate of drug-likeness (QED) is 0.534. The molecule has 7 nitrogen and oxygen atoms in total. The fraction of sp³-hybridized carbons (Fsp3) is 0.480. The lowest BCUT2D eigenvalue weighted by Crippen LogP contribution is -2.51. The monoisotopic (exact) mass is 467 g/mol. The second-order valence-electron chi connectivity index (χ2n) is 9.29. The molecule has 2 amide bonds. The van der Waals surface area contributed by atoms with Crippen LogP contribution in [0.25, 0.3) is 10.2 Å². The number of likely N-dealkylation sites (N-methyl/N-ethyl adjacent to an activating group) is 1. The van der Waals surface area contributed by atoms with Crippen molar-refractivity contribution in [2.45, 2.75) is 33.9 Å². The van der Waals surface area contributed by atoms with E-state index in [0.717, 1.165) is 42.1 Å². The van der Waals surface area contributed by atoms with Gasteiger partial charge in [0.25, 0.3) is 5.91 Å². The van der Waals surface area contributed by atoms with E-state index in [4.69, 9.17) is 0 Å². The fourth-order valence-electron chi connectivity index (χ4n) is 4.25. The van der Waals surface area contributed by atoms with Crippen molar-refractivity contribution in [2.24, 2.45) is 5.92 Å². The Morgan fingerprint density at radius 1 is 1.12 bits per heavy atom. The molecule has 176 valence electrons. The molecule has 1 fully saturated rings. The standard InChI is InChI=1S/C25H33N5O2S/c1-18(2)15-30-25-21(19(3)26-30)14-22(33-25)24(32)27(4)17-23(31)29-12-10-28(11-13-29)16-20-8-6-5-7-9-20/h5-9,14,18H,10-13,15-17H2,1-4H3. The van der Waals surface area contributed by atoms with E-state index in [-0.39, 0.29) is 18.4 Å². The summed E-state index contributed by atoms with van der Waals surface area (Å²) in [5.74, 6) is 0.374. The normalized spacial score (nSPS) is 14.9. The zero-order valence-electron chi connectivity index (χ0n) is 20.0. The largest absolute Gasteiger partial charge is 0.339 e. The van der Waals surface area contributed by atoms with Crippen molar-refractivity contribution in [3.63, 3.8) is 0 Å². The molecule has 0 atom stereocenters. The molecule has 0 bridgehead atoms. The predicted molar refractivity (Wildman–Crippen MR) is 132 cm³/mol. The highest BCUT2D eigenvalue weighted by Crippen LogP contribution is 2.29. The van der Waals surface area contributed by atoms with E-state index in [9.17, 15) is 9.59 Å². The van der Waals surface area contributed by atoms with Gasteiger partial charge < -0.3 is 9.80 Å². The number of fused-ring (bicyclic) bond motifs is 1. The van der Waals surface area contributed by atoms with Gasteiger partial charge in [-0.3, -0.25) is 19.2 Å². The zero-order chi connectivity index (χ0) is 23.5. The van der Waals surface area contributed by atoms with Crippen LogP contribution < -0.4 is 0 Å². The summed E-state index contributed by atoms with van der Waals surface area (Å²) in [4.78, 5) is 33.4. The first kappa shape index (κ1) is 23.4. The molecular weight excluding hydrogens is 434 g/mol. The number of carbonyl (C=O) groups excluding carboxylic acids is 2. The van der Waals surface area contributed by atoms with Gasteiger partial charge in [0.1, 0.15) is 4.83 Å². The third-order valence-corrected chi connectivity index (χ3v) is 7.19. The Bertz CT molecular complexity index is 1110. The van der Waals surface area contributed by atoms with Gasteiger partial charge in [0, 0.05) is 51.7 Å². The SMILES string of the molecule is Cc1nn(CC(C)C)c2sc(C(=O)N(C)CC(=O)N3CCN(Cc4ccccc4)CC3)cc12. The summed E-state index contributed by atoms with van der Waals surface area (Å²) in [6, 6.07) is 12.3. The molecule has 0 radical (unpaired) electrons. The van der Waals surface area contributed by atoms with E-state index >= 15 is 0 Å². The maximum absolute atomic E-state index is 13.1. The minimum absolute atomic E-state index is 0.00786. The Kier molecular flexibility index (Phi) is 7.14. The molecule has 0 spiro atoms. The number of carbonyl (C=O) groups is 2. The molecule has 1 saturated heterocycles. The topological polar surface area (TPSA) is 61.7 Å². The Hall–Kier alpha value is -2.71. The Morgan fingerprint density at radius 3 is 2.48 bits per heavy atom. The van der Waals surface area contributed by atoms with Crippen LogP contribution in [0.15, 0.2) is 36.4 Å². The van der Waals surface area contributed by atoms with E-state index in [1.807, 2.05) is 28.6 Å². The first-order chi connectivity index (χ1) is 15.8. The molecule has 3 heterocycles. The van der Waals surface area contributed by atoms with Gasteiger partial charge in [-0.15, -0.1) is 11.3 Å².